The maximum atomic E-state index is 14.0. The molecule has 1 atom stereocenters. The van der Waals surface area contributed by atoms with Gasteiger partial charge in [-0.05, 0) is 37.3 Å². The van der Waals surface area contributed by atoms with E-state index in [1.165, 1.54) is 44.4 Å². The third kappa shape index (κ3) is 5.46. The lowest BCUT2D eigenvalue weighted by Gasteiger charge is -2.16. The van der Waals surface area contributed by atoms with Crippen molar-refractivity contribution >= 4 is 27.3 Å². The van der Waals surface area contributed by atoms with Crippen LogP contribution in [0.15, 0.2) is 65.6 Å². The molecule has 0 aliphatic carbocycles. The number of nitrogens with zero attached hydrogens (tertiary/aromatic N) is 1. The maximum absolute atomic E-state index is 14.0. The van der Waals surface area contributed by atoms with E-state index >= 15 is 0 Å². The van der Waals surface area contributed by atoms with E-state index in [1.807, 2.05) is 0 Å². The van der Waals surface area contributed by atoms with Crippen LogP contribution in [-0.2, 0) is 10.0 Å². The number of ether oxygens (including phenoxy) is 1. The molecule has 2 N–H and O–H groups in total. The summed E-state index contributed by atoms with van der Waals surface area (Å²) in [7, 11) is -3.00. The van der Waals surface area contributed by atoms with Crippen molar-refractivity contribution in [2.75, 3.05) is 11.8 Å². The minimum atomic E-state index is -4.27. The number of nitro benzene ring substituents is 1. The van der Waals surface area contributed by atoms with Gasteiger partial charge >= 0.3 is 0 Å². The molecule has 0 heterocycles. The van der Waals surface area contributed by atoms with Crippen LogP contribution in [0.2, 0.25) is 0 Å². The Hall–Kier alpha value is -4.06. The van der Waals surface area contributed by atoms with Crippen LogP contribution in [0, 0.1) is 21.7 Å². The SMILES string of the molecule is COc1ccc([N+](=O)[O-])cc1NS(=O)(=O)c1cccc(C(=O)NC(C)c2ccc(F)cc2F)c1. The van der Waals surface area contributed by atoms with Crippen molar-refractivity contribution in [3.63, 3.8) is 0 Å². The highest BCUT2D eigenvalue weighted by molar-refractivity contribution is 7.92. The first-order valence-corrected chi connectivity index (χ1v) is 11.2. The van der Waals surface area contributed by atoms with Gasteiger partial charge in [0.2, 0.25) is 0 Å². The zero-order valence-electron chi connectivity index (χ0n) is 17.9. The molecule has 178 valence electrons. The van der Waals surface area contributed by atoms with Crippen LogP contribution in [0.3, 0.4) is 0 Å². The molecule has 0 radical (unpaired) electrons. The monoisotopic (exact) mass is 491 g/mol. The lowest BCUT2D eigenvalue weighted by Crippen LogP contribution is -2.27. The number of non-ortho nitro benzene ring substituents is 1. The standard InChI is InChI=1S/C22H19F2N3O6S/c1-13(18-8-6-15(23)11-19(18)24)25-22(28)14-4-3-5-17(10-14)34(31,32)26-20-12-16(27(29)30)7-9-21(20)33-2/h3-13,26H,1-2H3,(H,25,28). The van der Waals surface area contributed by atoms with Gasteiger partial charge in [0, 0.05) is 29.3 Å². The Morgan fingerprint density at radius 3 is 2.47 bits per heavy atom. The van der Waals surface area contributed by atoms with Gasteiger partial charge in [0.25, 0.3) is 21.6 Å². The molecule has 9 nitrogen and oxygen atoms in total. The van der Waals surface area contributed by atoms with E-state index in [2.05, 4.69) is 10.0 Å². The fourth-order valence-electron chi connectivity index (χ4n) is 3.11. The second-order valence-electron chi connectivity index (χ2n) is 7.14. The summed E-state index contributed by atoms with van der Waals surface area (Å²) in [6.07, 6.45) is 0. The highest BCUT2D eigenvalue weighted by atomic mass is 32.2. The van der Waals surface area contributed by atoms with Crippen molar-refractivity contribution in [1.29, 1.82) is 0 Å². The number of rotatable bonds is 8. The van der Waals surface area contributed by atoms with Gasteiger partial charge in [-0.3, -0.25) is 19.6 Å². The van der Waals surface area contributed by atoms with Gasteiger partial charge in [0.1, 0.15) is 17.4 Å². The highest BCUT2D eigenvalue weighted by Gasteiger charge is 2.21. The molecule has 3 aromatic carbocycles. The Labute approximate surface area is 193 Å². The van der Waals surface area contributed by atoms with Crippen molar-refractivity contribution < 1.29 is 31.7 Å². The topological polar surface area (TPSA) is 128 Å². The van der Waals surface area contributed by atoms with Crippen LogP contribution in [0.5, 0.6) is 5.75 Å². The number of carbonyl (C=O) groups is 1. The molecule has 0 saturated carbocycles. The predicted octanol–water partition coefficient (Wildman–Crippen LogP) is 4.17. The number of nitrogens with one attached hydrogen (secondary N) is 2. The molecule has 0 spiro atoms. The summed E-state index contributed by atoms with van der Waals surface area (Å²) in [5.41, 5.74) is -0.498. The number of nitro groups is 1. The first-order chi connectivity index (χ1) is 16.0. The van der Waals surface area contributed by atoms with Gasteiger partial charge in [-0.1, -0.05) is 12.1 Å². The molecule has 0 aromatic heterocycles. The van der Waals surface area contributed by atoms with Crippen molar-refractivity contribution in [1.82, 2.24) is 5.32 Å². The Bertz CT molecular complexity index is 1360. The lowest BCUT2D eigenvalue weighted by molar-refractivity contribution is -0.384. The van der Waals surface area contributed by atoms with Crippen molar-refractivity contribution in [3.05, 3.63) is 93.5 Å². The molecule has 12 heteroatoms. The van der Waals surface area contributed by atoms with Crippen LogP contribution >= 0.6 is 0 Å². The van der Waals surface area contributed by atoms with Gasteiger partial charge in [0.15, 0.2) is 0 Å². The van der Waals surface area contributed by atoms with Crippen molar-refractivity contribution in [2.24, 2.45) is 0 Å². The average molecular weight is 491 g/mol. The fraction of sp³-hybridized carbons (Fsp3) is 0.136. The van der Waals surface area contributed by atoms with Gasteiger partial charge in [-0.15, -0.1) is 0 Å². The van der Waals surface area contributed by atoms with Crippen LogP contribution < -0.4 is 14.8 Å². The predicted molar refractivity (Wildman–Crippen MR) is 119 cm³/mol. The van der Waals surface area contributed by atoms with Crippen LogP contribution in [-0.4, -0.2) is 26.4 Å². The molecule has 3 aromatic rings. The highest BCUT2D eigenvalue weighted by Crippen LogP contribution is 2.31. The number of amides is 1. The third-order valence-corrected chi connectivity index (χ3v) is 6.18. The molecular weight excluding hydrogens is 472 g/mol. The number of halogens is 2. The van der Waals surface area contributed by atoms with Crippen LogP contribution in [0.1, 0.15) is 28.9 Å². The largest absolute Gasteiger partial charge is 0.495 e. The summed E-state index contributed by atoms with van der Waals surface area (Å²) >= 11 is 0. The normalized spacial score (nSPS) is 12.0. The van der Waals surface area contributed by atoms with E-state index in [1.54, 1.807) is 0 Å². The number of carbonyl (C=O) groups excluding carboxylic acids is 1. The summed E-state index contributed by atoms with van der Waals surface area (Å²) in [4.78, 5) is 22.7. The third-order valence-electron chi connectivity index (χ3n) is 4.82. The molecule has 34 heavy (non-hydrogen) atoms. The first kappa shape index (κ1) is 24.6. The van der Waals surface area contributed by atoms with E-state index in [-0.39, 0.29) is 33.1 Å². The number of sulfonamides is 1. The van der Waals surface area contributed by atoms with Gasteiger partial charge in [-0.2, -0.15) is 0 Å². The number of hydrogen-bond donors (Lipinski definition) is 2. The van der Waals surface area contributed by atoms with E-state index in [9.17, 15) is 32.1 Å². The average Bonchev–Trinajstić information content (AvgIpc) is 2.78. The second kappa shape index (κ2) is 9.83. The van der Waals surface area contributed by atoms with E-state index in [4.69, 9.17) is 4.74 Å². The molecule has 0 aliphatic heterocycles. The number of benzene rings is 3. The minimum absolute atomic E-state index is 0.0387. The van der Waals surface area contributed by atoms with Gasteiger partial charge < -0.3 is 10.1 Å². The van der Waals surface area contributed by atoms with Crippen LogP contribution in [0.25, 0.3) is 0 Å². The smallest absolute Gasteiger partial charge is 0.271 e. The number of hydrogen-bond acceptors (Lipinski definition) is 6. The zero-order chi connectivity index (χ0) is 25.0. The lowest BCUT2D eigenvalue weighted by atomic mass is 10.1. The van der Waals surface area contributed by atoms with E-state index in [0.29, 0.717) is 6.07 Å². The Morgan fingerprint density at radius 2 is 1.82 bits per heavy atom. The van der Waals surface area contributed by atoms with Crippen molar-refractivity contribution in [2.45, 2.75) is 17.9 Å². The molecule has 1 unspecified atom stereocenters. The van der Waals surface area contributed by atoms with Gasteiger partial charge in [0.05, 0.1) is 28.7 Å². The molecule has 3 rings (SSSR count). The Balaban J connectivity index is 1.85. The molecule has 0 bridgehead atoms. The Morgan fingerprint density at radius 1 is 1.09 bits per heavy atom. The molecule has 0 aliphatic rings. The second-order valence-corrected chi connectivity index (χ2v) is 8.82. The minimum Gasteiger partial charge on any atom is -0.495 e. The first-order valence-electron chi connectivity index (χ1n) is 9.73. The summed E-state index contributed by atoms with van der Waals surface area (Å²) in [5.74, 6) is -2.23. The van der Waals surface area contributed by atoms with E-state index < -0.39 is 38.5 Å². The zero-order valence-corrected chi connectivity index (χ0v) is 18.7. The van der Waals surface area contributed by atoms with Gasteiger partial charge in [-0.25, -0.2) is 17.2 Å². The summed E-state index contributed by atoms with van der Waals surface area (Å²) in [5, 5.41) is 13.6. The number of methoxy groups -OCH3 is 1. The fourth-order valence-corrected chi connectivity index (χ4v) is 4.21. The quantitative estimate of drug-likeness (QED) is 0.360. The summed E-state index contributed by atoms with van der Waals surface area (Å²) < 4.78 is 60.2. The molecule has 1 amide bonds. The van der Waals surface area contributed by atoms with E-state index in [0.717, 1.165) is 24.3 Å². The van der Waals surface area contributed by atoms with Crippen LogP contribution in [0.4, 0.5) is 20.2 Å². The molecule has 0 saturated heterocycles. The number of anilines is 1. The maximum Gasteiger partial charge on any atom is 0.271 e. The molecule has 0 fully saturated rings. The summed E-state index contributed by atoms with van der Waals surface area (Å²) in [6.45, 7) is 1.49. The Kier molecular flexibility index (Phi) is 7.11. The van der Waals surface area contributed by atoms with Crippen molar-refractivity contribution in [3.8, 4) is 5.75 Å². The molecular formula is C22H19F2N3O6S. The summed E-state index contributed by atoms with van der Waals surface area (Å²) in [6, 6.07) is 10.5.